The molecule has 8 heteroatoms. The first-order chi connectivity index (χ1) is 13.8. The molecule has 2 fully saturated rings. The normalized spacial score (nSPS) is 26.0. The third-order valence-electron chi connectivity index (χ3n) is 5.64. The van der Waals surface area contributed by atoms with Gasteiger partial charge in [-0.2, -0.15) is 0 Å². The highest BCUT2D eigenvalue weighted by molar-refractivity contribution is 6.00. The molecule has 152 valence electrons. The molecule has 0 radical (unpaired) electrons. The number of halogens is 3. The summed E-state index contributed by atoms with van der Waals surface area (Å²) in [5.41, 5.74) is -0.791. The van der Waals surface area contributed by atoms with Crippen molar-refractivity contribution in [2.75, 3.05) is 11.4 Å². The summed E-state index contributed by atoms with van der Waals surface area (Å²) < 4.78 is 42.7. The van der Waals surface area contributed by atoms with Crippen LogP contribution in [0.25, 0.3) is 0 Å². The fraction of sp³-hybridized carbons (Fsp3) is 0.381. The average Bonchev–Trinajstić information content (AvgIpc) is 2.96. The summed E-state index contributed by atoms with van der Waals surface area (Å²) in [4.78, 5) is 30.8. The van der Waals surface area contributed by atoms with Crippen molar-refractivity contribution in [2.45, 2.75) is 37.6 Å². The van der Waals surface area contributed by atoms with Gasteiger partial charge in [-0.1, -0.05) is 12.1 Å². The zero-order chi connectivity index (χ0) is 20.6. The molecular weight excluding hydrogens is 383 g/mol. The number of nitrogens with one attached hydrogen (secondary N) is 1. The predicted molar refractivity (Wildman–Crippen MR) is 100 cm³/mol. The maximum absolute atomic E-state index is 14.6. The van der Waals surface area contributed by atoms with E-state index in [1.54, 1.807) is 18.2 Å². The zero-order valence-corrected chi connectivity index (χ0v) is 15.6. The van der Waals surface area contributed by atoms with Crippen LogP contribution in [-0.4, -0.2) is 35.3 Å². The number of rotatable bonds is 3. The lowest BCUT2D eigenvalue weighted by atomic mass is 9.69. The van der Waals surface area contributed by atoms with Crippen LogP contribution >= 0.6 is 0 Å². The molecule has 1 spiro atoms. The molecular formula is C21H20F3N3O2. The molecule has 1 aromatic heterocycles. The zero-order valence-electron chi connectivity index (χ0n) is 15.6. The van der Waals surface area contributed by atoms with E-state index in [9.17, 15) is 22.8 Å². The molecule has 4 rings (SSSR count). The maximum Gasteiger partial charge on any atom is 0.270 e. The first-order valence-corrected chi connectivity index (χ1v) is 9.45. The quantitative estimate of drug-likeness (QED) is 0.853. The Morgan fingerprint density at radius 3 is 2.72 bits per heavy atom. The van der Waals surface area contributed by atoms with Crippen LogP contribution in [-0.2, 0) is 4.79 Å². The van der Waals surface area contributed by atoms with E-state index in [0.717, 1.165) is 0 Å². The second kappa shape index (κ2) is 7.17. The first-order valence-electron chi connectivity index (χ1n) is 9.45. The van der Waals surface area contributed by atoms with Gasteiger partial charge in [0.05, 0.1) is 5.41 Å². The summed E-state index contributed by atoms with van der Waals surface area (Å²) in [5, 5.41) is 2.61. The minimum atomic E-state index is -3.09. The van der Waals surface area contributed by atoms with E-state index >= 15 is 0 Å². The molecule has 1 aliphatic heterocycles. The highest BCUT2D eigenvalue weighted by Crippen LogP contribution is 2.51. The lowest BCUT2D eigenvalue weighted by molar-refractivity contribution is -0.140. The van der Waals surface area contributed by atoms with Gasteiger partial charge < -0.3 is 10.2 Å². The Morgan fingerprint density at radius 1 is 1.17 bits per heavy atom. The van der Waals surface area contributed by atoms with E-state index in [1.807, 2.05) is 0 Å². The van der Waals surface area contributed by atoms with Crippen LogP contribution in [0.4, 0.5) is 18.9 Å². The summed E-state index contributed by atoms with van der Waals surface area (Å²) in [6.07, 6.45) is 0.699. The van der Waals surface area contributed by atoms with Crippen molar-refractivity contribution in [3.05, 3.63) is 60.2 Å². The largest absolute Gasteiger partial charge is 0.348 e. The highest BCUT2D eigenvalue weighted by atomic mass is 19.3. The van der Waals surface area contributed by atoms with E-state index < -0.39 is 47.9 Å². The minimum Gasteiger partial charge on any atom is -0.348 e. The van der Waals surface area contributed by atoms with Crippen LogP contribution in [0, 0.1) is 11.2 Å². The van der Waals surface area contributed by atoms with Crippen LogP contribution in [0.1, 0.15) is 36.2 Å². The first kappa shape index (κ1) is 19.4. The Labute approximate surface area is 165 Å². The molecule has 2 heterocycles. The van der Waals surface area contributed by atoms with Gasteiger partial charge in [0.2, 0.25) is 5.91 Å². The standard InChI is InChI=1S/C21H20F3N3O2/c22-14-4-3-5-16(10-14)27-9-7-20(19(27)29)11-15(12-21(23,24)13-20)26-18(28)17-6-1-2-8-25-17/h1-6,8,10,15H,7,9,11-13H2,(H,26,28)/t15-,20+/m1/s1. The van der Waals surface area contributed by atoms with Crippen LogP contribution in [0.2, 0.25) is 0 Å². The third kappa shape index (κ3) is 3.83. The van der Waals surface area contributed by atoms with Crippen LogP contribution in [0.3, 0.4) is 0 Å². The highest BCUT2D eigenvalue weighted by Gasteiger charge is 2.57. The summed E-state index contributed by atoms with van der Waals surface area (Å²) in [5.74, 6) is -4.57. The number of nitrogens with zero attached hydrogens (tertiary/aromatic N) is 2. The molecule has 5 nitrogen and oxygen atoms in total. The molecule has 1 aromatic carbocycles. The second-order valence-electron chi connectivity index (χ2n) is 7.79. The summed E-state index contributed by atoms with van der Waals surface area (Å²) in [6, 6.07) is 9.48. The molecule has 2 atom stereocenters. The monoisotopic (exact) mass is 403 g/mol. The van der Waals surface area contributed by atoms with Crippen molar-refractivity contribution in [3.8, 4) is 0 Å². The van der Waals surface area contributed by atoms with Crippen molar-refractivity contribution in [1.29, 1.82) is 0 Å². The van der Waals surface area contributed by atoms with Gasteiger partial charge in [0.25, 0.3) is 11.8 Å². The molecule has 29 heavy (non-hydrogen) atoms. The number of pyridine rings is 1. The number of hydrogen-bond acceptors (Lipinski definition) is 3. The van der Waals surface area contributed by atoms with E-state index in [4.69, 9.17) is 0 Å². The number of hydrogen-bond donors (Lipinski definition) is 1. The molecule has 2 aliphatic rings. The van der Waals surface area contributed by atoms with Crippen LogP contribution in [0.5, 0.6) is 0 Å². The van der Waals surface area contributed by atoms with Crippen molar-refractivity contribution >= 4 is 17.5 Å². The summed E-state index contributed by atoms with van der Waals surface area (Å²) in [6.45, 7) is 0.235. The van der Waals surface area contributed by atoms with Gasteiger partial charge in [-0.25, -0.2) is 13.2 Å². The number of amides is 2. The molecule has 1 saturated heterocycles. The third-order valence-corrected chi connectivity index (χ3v) is 5.64. The average molecular weight is 403 g/mol. The van der Waals surface area contributed by atoms with Crippen molar-refractivity contribution < 1.29 is 22.8 Å². The molecule has 1 saturated carbocycles. The predicted octanol–water partition coefficient (Wildman–Crippen LogP) is 3.56. The number of alkyl halides is 2. The van der Waals surface area contributed by atoms with Gasteiger partial charge in [-0.3, -0.25) is 14.6 Å². The van der Waals surface area contributed by atoms with Gasteiger partial charge in [0.1, 0.15) is 11.5 Å². The Balaban J connectivity index is 1.55. The summed E-state index contributed by atoms with van der Waals surface area (Å²) >= 11 is 0. The minimum absolute atomic E-state index is 0.117. The number of anilines is 1. The Morgan fingerprint density at radius 2 is 2.00 bits per heavy atom. The van der Waals surface area contributed by atoms with E-state index in [-0.39, 0.29) is 25.1 Å². The SMILES string of the molecule is O=C(N[C@H]1CC(F)(F)C[C@]2(CCN(c3cccc(F)c3)C2=O)C1)c1ccccn1. The molecule has 2 amide bonds. The van der Waals surface area contributed by atoms with E-state index in [1.165, 1.54) is 35.4 Å². The molecule has 1 aliphatic carbocycles. The Kier molecular flexibility index (Phi) is 4.80. The number of benzene rings is 1. The number of aromatic nitrogens is 1. The lowest BCUT2D eigenvalue weighted by Crippen LogP contribution is -2.52. The fourth-order valence-electron chi connectivity index (χ4n) is 4.47. The van der Waals surface area contributed by atoms with Gasteiger partial charge in [-0.15, -0.1) is 0 Å². The molecule has 0 unspecified atom stereocenters. The lowest BCUT2D eigenvalue weighted by Gasteiger charge is -2.41. The van der Waals surface area contributed by atoms with Gasteiger partial charge in [0, 0.05) is 37.3 Å². The van der Waals surface area contributed by atoms with Crippen LogP contribution in [0.15, 0.2) is 48.7 Å². The summed E-state index contributed by atoms with van der Waals surface area (Å²) in [7, 11) is 0. The van der Waals surface area contributed by atoms with Crippen LogP contribution < -0.4 is 10.2 Å². The smallest absolute Gasteiger partial charge is 0.270 e. The van der Waals surface area contributed by atoms with Crippen molar-refractivity contribution in [1.82, 2.24) is 10.3 Å². The van der Waals surface area contributed by atoms with Gasteiger partial charge in [-0.05, 0) is 43.2 Å². The van der Waals surface area contributed by atoms with E-state index in [0.29, 0.717) is 5.69 Å². The van der Waals surface area contributed by atoms with E-state index in [2.05, 4.69) is 10.3 Å². The molecule has 2 aromatic rings. The number of carbonyl (C=O) groups is 2. The molecule has 1 N–H and O–H groups in total. The Hall–Kier alpha value is -2.90. The van der Waals surface area contributed by atoms with Gasteiger partial charge in [0.15, 0.2) is 0 Å². The van der Waals surface area contributed by atoms with Crippen molar-refractivity contribution in [3.63, 3.8) is 0 Å². The van der Waals surface area contributed by atoms with Crippen molar-refractivity contribution in [2.24, 2.45) is 5.41 Å². The number of carbonyl (C=O) groups excluding carboxylic acids is 2. The van der Waals surface area contributed by atoms with Gasteiger partial charge >= 0.3 is 0 Å². The molecule has 0 bridgehead atoms. The maximum atomic E-state index is 14.6. The second-order valence-corrected chi connectivity index (χ2v) is 7.79. The fourth-order valence-corrected chi connectivity index (χ4v) is 4.47. The Bertz CT molecular complexity index is 938. The topological polar surface area (TPSA) is 62.3 Å².